The summed E-state index contributed by atoms with van der Waals surface area (Å²) < 4.78 is 5.19. The Bertz CT molecular complexity index is 538. The molecular weight excluding hydrogens is 224 g/mol. The third-order valence-electron chi connectivity index (χ3n) is 2.87. The fraction of sp³-hybridized carbons (Fsp3) is 0.200. The fourth-order valence-electron chi connectivity index (χ4n) is 1.83. The van der Waals surface area contributed by atoms with Crippen molar-refractivity contribution in [3.05, 3.63) is 53.6 Å². The second-order valence-corrected chi connectivity index (χ2v) is 4.29. The summed E-state index contributed by atoms with van der Waals surface area (Å²) in [5, 5.41) is 3.39. The molecule has 0 aliphatic rings. The van der Waals surface area contributed by atoms with Gasteiger partial charge in [-0.2, -0.15) is 0 Å². The largest absolute Gasteiger partial charge is 0.399 e. The minimum atomic E-state index is 0.594. The molecule has 0 heterocycles. The molecule has 0 amide bonds. The van der Waals surface area contributed by atoms with Gasteiger partial charge in [0.15, 0.2) is 0 Å². The Labute approximate surface area is 108 Å². The molecular formula is C15H18N2O. The van der Waals surface area contributed by atoms with Crippen LogP contribution < -0.4 is 11.1 Å². The van der Waals surface area contributed by atoms with E-state index in [9.17, 15) is 0 Å². The van der Waals surface area contributed by atoms with E-state index in [-0.39, 0.29) is 0 Å². The third kappa shape index (κ3) is 2.81. The standard InChI is InChI=1S/C15H18N2O/c1-11-9-13(7-8-14(11)16)17-15-6-4-3-5-12(15)10-18-2/h3-9,17H,10,16H2,1-2H3. The molecule has 0 saturated carbocycles. The smallest absolute Gasteiger partial charge is 0.0733 e. The van der Waals surface area contributed by atoms with Gasteiger partial charge in [0.1, 0.15) is 0 Å². The summed E-state index contributed by atoms with van der Waals surface area (Å²) in [6.45, 7) is 2.60. The van der Waals surface area contributed by atoms with Crippen LogP contribution in [-0.4, -0.2) is 7.11 Å². The van der Waals surface area contributed by atoms with Crippen LogP contribution in [0.15, 0.2) is 42.5 Å². The highest BCUT2D eigenvalue weighted by molar-refractivity contribution is 5.66. The topological polar surface area (TPSA) is 47.3 Å². The minimum Gasteiger partial charge on any atom is -0.399 e. The van der Waals surface area contributed by atoms with Crippen molar-refractivity contribution in [1.29, 1.82) is 0 Å². The Morgan fingerprint density at radius 1 is 1.17 bits per heavy atom. The molecule has 3 N–H and O–H groups in total. The fourth-order valence-corrected chi connectivity index (χ4v) is 1.83. The van der Waals surface area contributed by atoms with Crippen LogP contribution in [0.25, 0.3) is 0 Å². The maximum absolute atomic E-state index is 5.81. The number of para-hydroxylation sites is 1. The number of nitrogen functional groups attached to an aromatic ring is 1. The summed E-state index contributed by atoms with van der Waals surface area (Å²) in [6.07, 6.45) is 0. The zero-order chi connectivity index (χ0) is 13.0. The Balaban J connectivity index is 2.25. The normalized spacial score (nSPS) is 10.3. The van der Waals surface area contributed by atoms with Gasteiger partial charge in [-0.3, -0.25) is 0 Å². The van der Waals surface area contributed by atoms with Crippen LogP contribution in [0.3, 0.4) is 0 Å². The summed E-state index contributed by atoms with van der Waals surface area (Å²) in [6, 6.07) is 14.0. The van der Waals surface area contributed by atoms with Crippen molar-refractivity contribution in [2.45, 2.75) is 13.5 Å². The van der Waals surface area contributed by atoms with Crippen molar-refractivity contribution >= 4 is 17.1 Å². The maximum atomic E-state index is 5.81. The highest BCUT2D eigenvalue weighted by atomic mass is 16.5. The summed E-state index contributed by atoms with van der Waals surface area (Å²) in [4.78, 5) is 0. The second kappa shape index (κ2) is 5.56. The molecule has 2 aromatic rings. The van der Waals surface area contributed by atoms with E-state index in [1.54, 1.807) is 7.11 Å². The van der Waals surface area contributed by atoms with Crippen LogP contribution in [0.5, 0.6) is 0 Å². The number of ether oxygens (including phenoxy) is 1. The van der Waals surface area contributed by atoms with Crippen LogP contribution in [0.1, 0.15) is 11.1 Å². The molecule has 0 saturated heterocycles. The van der Waals surface area contributed by atoms with E-state index in [1.165, 1.54) is 0 Å². The van der Waals surface area contributed by atoms with Gasteiger partial charge in [0.2, 0.25) is 0 Å². The van der Waals surface area contributed by atoms with Gasteiger partial charge >= 0.3 is 0 Å². The number of rotatable bonds is 4. The van der Waals surface area contributed by atoms with Gasteiger partial charge in [0.25, 0.3) is 0 Å². The van der Waals surface area contributed by atoms with Gasteiger partial charge < -0.3 is 15.8 Å². The third-order valence-corrected chi connectivity index (χ3v) is 2.87. The van der Waals surface area contributed by atoms with Crippen molar-refractivity contribution in [2.24, 2.45) is 0 Å². The highest BCUT2D eigenvalue weighted by Crippen LogP contribution is 2.23. The number of hydrogen-bond acceptors (Lipinski definition) is 3. The van der Waals surface area contributed by atoms with E-state index in [0.717, 1.165) is 28.2 Å². The van der Waals surface area contributed by atoms with Crippen LogP contribution in [0, 0.1) is 6.92 Å². The lowest BCUT2D eigenvalue weighted by atomic mass is 10.1. The van der Waals surface area contributed by atoms with Crippen molar-refractivity contribution in [3.63, 3.8) is 0 Å². The van der Waals surface area contributed by atoms with Gasteiger partial charge in [0, 0.05) is 29.7 Å². The van der Waals surface area contributed by atoms with Gasteiger partial charge in [-0.15, -0.1) is 0 Å². The molecule has 0 aromatic heterocycles. The Hall–Kier alpha value is -2.00. The number of nitrogens with two attached hydrogens (primary N) is 1. The van der Waals surface area contributed by atoms with Crippen molar-refractivity contribution in [1.82, 2.24) is 0 Å². The first kappa shape index (κ1) is 12.5. The van der Waals surface area contributed by atoms with E-state index in [0.29, 0.717) is 6.61 Å². The van der Waals surface area contributed by atoms with Gasteiger partial charge in [-0.1, -0.05) is 18.2 Å². The second-order valence-electron chi connectivity index (χ2n) is 4.29. The first-order valence-corrected chi connectivity index (χ1v) is 5.90. The highest BCUT2D eigenvalue weighted by Gasteiger charge is 2.02. The number of nitrogens with one attached hydrogen (secondary N) is 1. The van der Waals surface area contributed by atoms with Crippen LogP contribution in [0.2, 0.25) is 0 Å². The monoisotopic (exact) mass is 242 g/mol. The molecule has 0 spiro atoms. The van der Waals surface area contributed by atoms with E-state index in [1.807, 2.05) is 43.3 Å². The summed E-state index contributed by atoms with van der Waals surface area (Å²) in [5.41, 5.74) is 10.9. The minimum absolute atomic E-state index is 0.594. The molecule has 0 radical (unpaired) electrons. The SMILES string of the molecule is COCc1ccccc1Nc1ccc(N)c(C)c1. The van der Waals surface area contributed by atoms with Crippen molar-refractivity contribution in [2.75, 3.05) is 18.2 Å². The molecule has 18 heavy (non-hydrogen) atoms. The molecule has 0 aliphatic heterocycles. The molecule has 0 unspecified atom stereocenters. The summed E-state index contributed by atoms with van der Waals surface area (Å²) in [7, 11) is 1.70. The van der Waals surface area contributed by atoms with E-state index in [4.69, 9.17) is 10.5 Å². The molecule has 3 heteroatoms. The molecule has 0 aliphatic carbocycles. The van der Waals surface area contributed by atoms with E-state index < -0.39 is 0 Å². The van der Waals surface area contributed by atoms with Crippen LogP contribution in [0.4, 0.5) is 17.1 Å². The average molecular weight is 242 g/mol. The quantitative estimate of drug-likeness (QED) is 0.807. The summed E-state index contributed by atoms with van der Waals surface area (Å²) in [5.74, 6) is 0. The lowest BCUT2D eigenvalue weighted by Crippen LogP contribution is -1.98. The summed E-state index contributed by atoms with van der Waals surface area (Å²) >= 11 is 0. The number of hydrogen-bond donors (Lipinski definition) is 2. The van der Waals surface area contributed by atoms with Gasteiger partial charge in [-0.25, -0.2) is 0 Å². The van der Waals surface area contributed by atoms with Crippen LogP contribution in [-0.2, 0) is 11.3 Å². The van der Waals surface area contributed by atoms with Gasteiger partial charge in [0.05, 0.1) is 6.61 Å². The molecule has 0 bridgehead atoms. The zero-order valence-corrected chi connectivity index (χ0v) is 10.7. The molecule has 3 nitrogen and oxygen atoms in total. The molecule has 94 valence electrons. The van der Waals surface area contributed by atoms with Crippen molar-refractivity contribution < 1.29 is 4.74 Å². The first-order valence-electron chi connectivity index (χ1n) is 5.90. The average Bonchev–Trinajstić information content (AvgIpc) is 2.37. The predicted molar refractivity (Wildman–Crippen MR) is 76.0 cm³/mol. The molecule has 0 atom stereocenters. The Morgan fingerprint density at radius 2 is 1.94 bits per heavy atom. The van der Waals surface area contributed by atoms with Crippen LogP contribution >= 0.6 is 0 Å². The Morgan fingerprint density at radius 3 is 2.67 bits per heavy atom. The Kier molecular flexibility index (Phi) is 3.85. The molecule has 0 fully saturated rings. The molecule has 2 rings (SSSR count). The van der Waals surface area contributed by atoms with Gasteiger partial charge in [-0.05, 0) is 36.8 Å². The van der Waals surface area contributed by atoms with E-state index >= 15 is 0 Å². The number of aryl methyl sites for hydroxylation is 1. The number of methoxy groups -OCH3 is 1. The first-order chi connectivity index (χ1) is 8.70. The maximum Gasteiger partial charge on any atom is 0.0733 e. The lowest BCUT2D eigenvalue weighted by Gasteiger charge is -2.12. The number of anilines is 3. The number of benzene rings is 2. The zero-order valence-electron chi connectivity index (χ0n) is 10.7. The van der Waals surface area contributed by atoms with Crippen molar-refractivity contribution in [3.8, 4) is 0 Å². The lowest BCUT2D eigenvalue weighted by molar-refractivity contribution is 0.185. The van der Waals surface area contributed by atoms with E-state index in [2.05, 4.69) is 11.4 Å². The molecule has 2 aromatic carbocycles. The predicted octanol–water partition coefficient (Wildman–Crippen LogP) is 3.47.